The number of nitrogens with zero attached hydrogens (tertiary/aromatic N) is 2. The van der Waals surface area contributed by atoms with Gasteiger partial charge in [-0.05, 0) is 37.1 Å². The van der Waals surface area contributed by atoms with Crippen molar-refractivity contribution in [2.45, 2.75) is 32.1 Å². The average molecular weight is 395 g/mol. The Morgan fingerprint density at radius 1 is 1.11 bits per heavy atom. The molecule has 28 heavy (non-hydrogen) atoms. The van der Waals surface area contributed by atoms with Crippen LogP contribution in [0.4, 0.5) is 23.7 Å². The van der Waals surface area contributed by atoms with Crippen LogP contribution in [0.2, 0.25) is 0 Å². The van der Waals surface area contributed by atoms with Gasteiger partial charge in [-0.1, -0.05) is 24.3 Å². The summed E-state index contributed by atoms with van der Waals surface area (Å²) in [6.07, 6.45) is -4.47. The first kappa shape index (κ1) is 21.2. The molecule has 0 saturated carbocycles. The summed E-state index contributed by atoms with van der Waals surface area (Å²) in [5.74, 6) is 0. The lowest BCUT2D eigenvalue weighted by molar-refractivity contribution is -0.384. The molecule has 2 aromatic carbocycles. The zero-order chi connectivity index (χ0) is 21.1. The number of urea groups is 1. The third-order valence-corrected chi connectivity index (χ3v) is 4.52. The number of hydrogen-bond acceptors (Lipinski definition) is 3. The van der Waals surface area contributed by atoms with E-state index in [1.807, 2.05) is 0 Å². The molecule has 6 nitrogen and oxygen atoms in total. The molecule has 0 saturated heterocycles. The van der Waals surface area contributed by atoms with E-state index in [9.17, 15) is 28.1 Å². The highest BCUT2D eigenvalue weighted by atomic mass is 19.4. The van der Waals surface area contributed by atoms with Crippen LogP contribution < -0.4 is 5.32 Å². The maximum atomic E-state index is 12.9. The minimum atomic E-state index is -4.47. The number of hydrogen-bond donors (Lipinski definition) is 1. The van der Waals surface area contributed by atoms with E-state index in [1.165, 1.54) is 42.3 Å². The number of rotatable bonds is 5. The van der Waals surface area contributed by atoms with Gasteiger partial charge in [0, 0.05) is 19.2 Å². The fourth-order valence-electron chi connectivity index (χ4n) is 2.65. The molecule has 0 aliphatic carbocycles. The van der Waals surface area contributed by atoms with Crippen LogP contribution in [-0.2, 0) is 6.18 Å². The molecular formula is C19H20F3N3O3. The van der Waals surface area contributed by atoms with Crippen LogP contribution in [0.25, 0.3) is 0 Å². The fraction of sp³-hybridized carbons (Fsp3) is 0.316. The highest BCUT2D eigenvalue weighted by molar-refractivity contribution is 5.75. The first-order valence-corrected chi connectivity index (χ1v) is 8.45. The quantitative estimate of drug-likeness (QED) is 0.567. The topological polar surface area (TPSA) is 75.5 Å². The first-order valence-electron chi connectivity index (χ1n) is 8.45. The Bertz CT molecular complexity index is 871. The van der Waals surface area contributed by atoms with Crippen LogP contribution >= 0.6 is 0 Å². The summed E-state index contributed by atoms with van der Waals surface area (Å²) in [7, 11) is 1.51. The Hall–Kier alpha value is -3.10. The van der Waals surface area contributed by atoms with Crippen LogP contribution in [0, 0.1) is 10.1 Å². The van der Waals surface area contributed by atoms with Crippen molar-refractivity contribution in [2.24, 2.45) is 0 Å². The largest absolute Gasteiger partial charge is 0.416 e. The molecular weight excluding hydrogens is 375 g/mol. The second-order valence-corrected chi connectivity index (χ2v) is 6.43. The zero-order valence-electron chi connectivity index (χ0n) is 15.5. The summed E-state index contributed by atoms with van der Waals surface area (Å²) in [5, 5.41) is 13.6. The third kappa shape index (κ3) is 4.99. The van der Waals surface area contributed by atoms with Gasteiger partial charge in [-0.2, -0.15) is 13.2 Å². The molecule has 0 heterocycles. The number of non-ortho nitro benzene ring substituents is 1. The molecule has 0 fully saturated rings. The van der Waals surface area contributed by atoms with Gasteiger partial charge in [-0.3, -0.25) is 10.1 Å². The highest BCUT2D eigenvalue weighted by Crippen LogP contribution is 2.31. The van der Waals surface area contributed by atoms with Gasteiger partial charge in [-0.25, -0.2) is 4.79 Å². The molecule has 150 valence electrons. The molecule has 0 radical (unpaired) electrons. The minimum Gasteiger partial charge on any atom is -0.331 e. The normalized spacial score (nSPS) is 13.5. The number of halogens is 3. The monoisotopic (exact) mass is 395 g/mol. The van der Waals surface area contributed by atoms with Gasteiger partial charge in [0.2, 0.25) is 0 Å². The standard InChI is InChI=1S/C19H20F3N3O3/c1-12(14-6-4-8-16(10-14)19(20,21)22)23-18(26)24(3)13(2)15-7-5-9-17(11-15)25(27)28/h4-13H,1-3H3,(H,23,26)/t12-,13+/m1/s1. The molecule has 2 amide bonds. The van der Waals surface area contributed by atoms with E-state index < -0.39 is 34.8 Å². The van der Waals surface area contributed by atoms with Gasteiger partial charge in [0.25, 0.3) is 5.69 Å². The minimum absolute atomic E-state index is 0.0875. The van der Waals surface area contributed by atoms with Crippen LogP contribution in [0.1, 0.15) is 42.6 Å². The average Bonchev–Trinajstić information content (AvgIpc) is 2.66. The van der Waals surface area contributed by atoms with Crippen LogP contribution in [0.5, 0.6) is 0 Å². The number of amides is 2. The van der Waals surface area contributed by atoms with E-state index in [4.69, 9.17) is 0 Å². The third-order valence-electron chi connectivity index (χ3n) is 4.52. The molecule has 0 aromatic heterocycles. The highest BCUT2D eigenvalue weighted by Gasteiger charge is 2.31. The van der Waals surface area contributed by atoms with Crippen molar-refractivity contribution in [3.05, 3.63) is 75.3 Å². The SMILES string of the molecule is C[C@@H](NC(=O)N(C)[C@@H](C)c1cccc([N+](=O)[O-])c1)c1cccc(C(F)(F)F)c1. The number of benzene rings is 2. The van der Waals surface area contributed by atoms with Gasteiger partial charge in [0.15, 0.2) is 0 Å². The Morgan fingerprint density at radius 3 is 2.32 bits per heavy atom. The van der Waals surface area contributed by atoms with Crippen LogP contribution in [0.3, 0.4) is 0 Å². The molecule has 1 N–H and O–H groups in total. The van der Waals surface area contributed by atoms with Gasteiger partial charge in [-0.15, -0.1) is 0 Å². The first-order chi connectivity index (χ1) is 13.0. The lowest BCUT2D eigenvalue weighted by Gasteiger charge is -2.27. The number of nitro groups is 1. The fourth-order valence-corrected chi connectivity index (χ4v) is 2.65. The zero-order valence-corrected chi connectivity index (χ0v) is 15.5. The van der Waals surface area contributed by atoms with Crippen molar-refractivity contribution in [1.29, 1.82) is 0 Å². The lowest BCUT2D eigenvalue weighted by Crippen LogP contribution is -2.40. The maximum absolute atomic E-state index is 12.9. The number of nitrogens with one attached hydrogen (secondary N) is 1. The second-order valence-electron chi connectivity index (χ2n) is 6.43. The molecule has 0 bridgehead atoms. The van der Waals surface area contributed by atoms with Crippen molar-refractivity contribution in [1.82, 2.24) is 10.2 Å². The number of nitro benzene ring substituents is 1. The van der Waals surface area contributed by atoms with E-state index in [2.05, 4.69) is 5.32 Å². The van der Waals surface area contributed by atoms with Crippen molar-refractivity contribution in [2.75, 3.05) is 7.05 Å². The molecule has 2 atom stereocenters. The number of alkyl halides is 3. The van der Waals surface area contributed by atoms with E-state index in [1.54, 1.807) is 19.9 Å². The van der Waals surface area contributed by atoms with Gasteiger partial charge in [0.05, 0.1) is 22.6 Å². The Morgan fingerprint density at radius 2 is 1.71 bits per heavy atom. The van der Waals surface area contributed by atoms with Crippen molar-refractivity contribution < 1.29 is 22.9 Å². The van der Waals surface area contributed by atoms with Crippen molar-refractivity contribution >= 4 is 11.7 Å². The summed E-state index contributed by atoms with van der Waals surface area (Å²) in [5.41, 5.74) is 0.0121. The number of carbonyl (C=O) groups is 1. The summed E-state index contributed by atoms with van der Waals surface area (Å²) in [6.45, 7) is 3.28. The van der Waals surface area contributed by atoms with Crippen molar-refractivity contribution in [3.63, 3.8) is 0 Å². The van der Waals surface area contributed by atoms with Gasteiger partial charge >= 0.3 is 12.2 Å². The molecule has 0 aliphatic rings. The Kier molecular flexibility index (Phi) is 6.27. The molecule has 2 aromatic rings. The maximum Gasteiger partial charge on any atom is 0.416 e. The molecule has 2 rings (SSSR count). The van der Waals surface area contributed by atoms with E-state index in [0.29, 0.717) is 11.1 Å². The Balaban J connectivity index is 2.11. The lowest BCUT2D eigenvalue weighted by atomic mass is 10.0. The van der Waals surface area contributed by atoms with Crippen LogP contribution in [0.15, 0.2) is 48.5 Å². The summed E-state index contributed by atoms with van der Waals surface area (Å²) < 4.78 is 38.6. The summed E-state index contributed by atoms with van der Waals surface area (Å²) in [6, 6.07) is 9.03. The smallest absolute Gasteiger partial charge is 0.331 e. The summed E-state index contributed by atoms with van der Waals surface area (Å²) in [4.78, 5) is 24.2. The Labute approximate surface area is 160 Å². The van der Waals surface area contributed by atoms with Gasteiger partial charge in [0.1, 0.15) is 0 Å². The van der Waals surface area contributed by atoms with Crippen molar-refractivity contribution in [3.8, 4) is 0 Å². The predicted molar refractivity (Wildman–Crippen MR) is 97.7 cm³/mol. The molecule has 9 heteroatoms. The number of carbonyl (C=O) groups excluding carboxylic acids is 1. The second kappa shape index (κ2) is 8.28. The summed E-state index contributed by atoms with van der Waals surface area (Å²) >= 11 is 0. The molecule has 0 spiro atoms. The molecule has 0 unspecified atom stereocenters. The van der Waals surface area contributed by atoms with E-state index >= 15 is 0 Å². The van der Waals surface area contributed by atoms with Crippen LogP contribution in [-0.4, -0.2) is 22.9 Å². The molecule has 0 aliphatic heterocycles. The predicted octanol–water partition coefficient (Wildman–Crippen LogP) is 5.08. The van der Waals surface area contributed by atoms with E-state index in [-0.39, 0.29) is 5.69 Å². The van der Waals surface area contributed by atoms with E-state index in [0.717, 1.165) is 12.1 Å². The van der Waals surface area contributed by atoms with Gasteiger partial charge < -0.3 is 10.2 Å².